The van der Waals surface area contributed by atoms with Crippen LogP contribution in [-0.4, -0.2) is 72.1 Å². The van der Waals surface area contributed by atoms with E-state index in [0.717, 1.165) is 11.9 Å². The summed E-state index contributed by atoms with van der Waals surface area (Å²) in [6, 6.07) is 13.9. The highest BCUT2D eigenvalue weighted by Crippen LogP contribution is 2.25. The number of nitrogens with one attached hydrogen (secondary N) is 4. The van der Waals surface area contributed by atoms with E-state index in [4.69, 9.17) is 24.4 Å². The van der Waals surface area contributed by atoms with Gasteiger partial charge in [0.05, 0.1) is 32.8 Å². The van der Waals surface area contributed by atoms with Crippen LogP contribution in [0.25, 0.3) is 0 Å². The van der Waals surface area contributed by atoms with Gasteiger partial charge in [0.15, 0.2) is 6.04 Å². The molecule has 0 aliphatic heterocycles. The minimum atomic E-state index is -1.45. The Morgan fingerprint density at radius 1 is 0.938 bits per heavy atom. The van der Waals surface area contributed by atoms with E-state index in [1.54, 1.807) is 58.9 Å². The zero-order valence-electron chi connectivity index (χ0n) is 29.0. The third-order valence-corrected chi connectivity index (χ3v) is 6.53. The quantitative estimate of drug-likeness (QED) is 0.107. The number of carbonyl (C=O) groups is 4. The van der Waals surface area contributed by atoms with Gasteiger partial charge in [-0.3, -0.25) is 15.0 Å². The van der Waals surface area contributed by atoms with Crippen LogP contribution in [0.2, 0.25) is 0 Å². The number of hydrogen-bond acceptors (Lipinski definition) is 9. The minimum Gasteiger partial charge on any atom is -0.494 e. The third kappa shape index (κ3) is 13.1. The predicted molar refractivity (Wildman–Crippen MR) is 181 cm³/mol. The standard InChI is InChI=1S/C35H49N5O8/c1-9-46-27-18-16-26(17-19-27)29(31(42)47-10-2)40(23-36)20-24(3)37-30(41)28(22-45-21-25-14-12-11-13-15-25)38-32(43)35(7,8)39-33(44)48-34(4,5)6/h11-20,23,28-29,36H,9-10,21-22H2,1-8H3,(H,37,41)(H,38,43)(H,39,44)/b24-20+,36-23?. The summed E-state index contributed by atoms with van der Waals surface area (Å²) in [7, 11) is 0. The Balaban J connectivity index is 2.29. The van der Waals surface area contributed by atoms with E-state index in [2.05, 4.69) is 16.0 Å². The summed E-state index contributed by atoms with van der Waals surface area (Å²) in [6.07, 6.45) is 1.57. The number of rotatable bonds is 17. The van der Waals surface area contributed by atoms with Gasteiger partial charge >= 0.3 is 12.1 Å². The molecule has 0 fully saturated rings. The summed E-state index contributed by atoms with van der Waals surface area (Å²) in [4.78, 5) is 53.7. The lowest BCUT2D eigenvalue weighted by atomic mass is 10.0. The van der Waals surface area contributed by atoms with Crippen LogP contribution in [0.4, 0.5) is 4.79 Å². The smallest absolute Gasteiger partial charge is 0.408 e. The molecule has 3 amide bonds. The molecule has 2 atom stereocenters. The van der Waals surface area contributed by atoms with E-state index in [1.165, 1.54) is 24.9 Å². The van der Waals surface area contributed by atoms with Crippen molar-refractivity contribution in [3.05, 3.63) is 77.6 Å². The van der Waals surface area contributed by atoms with Gasteiger partial charge < -0.3 is 39.8 Å². The molecule has 0 spiro atoms. The van der Waals surface area contributed by atoms with Crippen molar-refractivity contribution < 1.29 is 38.1 Å². The molecule has 0 heterocycles. The number of benzene rings is 2. The average Bonchev–Trinajstić information content (AvgIpc) is 3.00. The van der Waals surface area contributed by atoms with Crippen LogP contribution in [-0.2, 0) is 35.2 Å². The van der Waals surface area contributed by atoms with Crippen LogP contribution in [0.15, 0.2) is 66.5 Å². The SMILES string of the molecule is CCOC(=O)C(c1ccc(OCC)cc1)N(C=N)/C=C(\C)NC(=O)C(COCc1ccccc1)NC(=O)C(C)(C)NC(=O)OC(C)(C)C. The van der Waals surface area contributed by atoms with Gasteiger partial charge in [0.25, 0.3) is 0 Å². The molecule has 262 valence electrons. The highest BCUT2D eigenvalue weighted by molar-refractivity contribution is 5.94. The van der Waals surface area contributed by atoms with E-state index >= 15 is 0 Å². The largest absolute Gasteiger partial charge is 0.494 e. The molecule has 13 nitrogen and oxygen atoms in total. The molecule has 13 heteroatoms. The Morgan fingerprint density at radius 2 is 1.58 bits per heavy atom. The molecule has 48 heavy (non-hydrogen) atoms. The highest BCUT2D eigenvalue weighted by atomic mass is 16.6. The summed E-state index contributed by atoms with van der Waals surface area (Å²) in [5, 5.41) is 16.0. The first kappa shape index (κ1) is 39.3. The van der Waals surface area contributed by atoms with Crippen LogP contribution >= 0.6 is 0 Å². The van der Waals surface area contributed by atoms with E-state index in [-0.39, 0.29) is 25.5 Å². The van der Waals surface area contributed by atoms with Gasteiger partial charge in [-0.15, -0.1) is 0 Å². The van der Waals surface area contributed by atoms with Crippen molar-refractivity contribution in [2.24, 2.45) is 0 Å². The van der Waals surface area contributed by atoms with Gasteiger partial charge in [-0.25, -0.2) is 9.59 Å². The summed E-state index contributed by atoms with van der Waals surface area (Å²) in [5.41, 5.74) is -0.566. The Bertz CT molecular complexity index is 1400. The number of carbonyl (C=O) groups excluding carboxylic acids is 4. The molecule has 2 rings (SSSR count). The molecule has 2 aromatic rings. The zero-order chi connectivity index (χ0) is 35.9. The maximum atomic E-state index is 13.6. The molecule has 0 aliphatic rings. The Labute approximate surface area is 282 Å². The summed E-state index contributed by atoms with van der Waals surface area (Å²) < 4.78 is 21.9. The third-order valence-electron chi connectivity index (χ3n) is 6.53. The van der Waals surface area contributed by atoms with Crippen molar-refractivity contribution in [1.29, 1.82) is 5.41 Å². The van der Waals surface area contributed by atoms with Crippen molar-refractivity contribution >= 4 is 30.2 Å². The second-order valence-electron chi connectivity index (χ2n) is 12.3. The minimum absolute atomic E-state index is 0.126. The monoisotopic (exact) mass is 667 g/mol. The number of hydrogen-bond donors (Lipinski definition) is 4. The molecule has 0 bridgehead atoms. The first-order valence-electron chi connectivity index (χ1n) is 15.7. The average molecular weight is 668 g/mol. The Kier molecular flexibility index (Phi) is 15.1. The lowest BCUT2D eigenvalue weighted by Crippen LogP contribution is -2.60. The number of alkyl carbamates (subject to hydrolysis) is 1. The lowest BCUT2D eigenvalue weighted by molar-refractivity contribution is -0.147. The molecular formula is C35H49N5O8. The molecule has 0 radical (unpaired) electrons. The summed E-state index contributed by atoms with van der Waals surface area (Å²) >= 11 is 0. The number of nitrogens with zero attached hydrogens (tertiary/aromatic N) is 1. The van der Waals surface area contributed by atoms with Gasteiger partial charge in [0.2, 0.25) is 11.8 Å². The highest BCUT2D eigenvalue weighted by Gasteiger charge is 2.35. The van der Waals surface area contributed by atoms with Crippen molar-refractivity contribution in [3.63, 3.8) is 0 Å². The first-order chi connectivity index (χ1) is 22.6. The Morgan fingerprint density at radius 3 is 2.15 bits per heavy atom. The molecular weight excluding hydrogens is 618 g/mol. The number of allylic oxidation sites excluding steroid dienone is 1. The maximum Gasteiger partial charge on any atom is 0.408 e. The molecule has 4 N–H and O–H groups in total. The normalized spacial score (nSPS) is 13.0. The summed E-state index contributed by atoms with van der Waals surface area (Å²) in [5.74, 6) is -1.26. The second kappa shape index (κ2) is 18.4. The Hall–Kier alpha value is -4.91. The van der Waals surface area contributed by atoms with Crippen molar-refractivity contribution in [2.45, 2.75) is 85.2 Å². The number of esters is 1. The van der Waals surface area contributed by atoms with E-state index in [9.17, 15) is 19.2 Å². The van der Waals surface area contributed by atoms with Crippen molar-refractivity contribution in [1.82, 2.24) is 20.9 Å². The predicted octanol–water partition coefficient (Wildman–Crippen LogP) is 4.58. The zero-order valence-corrected chi connectivity index (χ0v) is 29.0. The van der Waals surface area contributed by atoms with Crippen LogP contribution in [0.5, 0.6) is 5.75 Å². The van der Waals surface area contributed by atoms with Crippen LogP contribution in [0, 0.1) is 5.41 Å². The fraction of sp³-hybridized carbons (Fsp3) is 0.457. The van der Waals surface area contributed by atoms with Crippen molar-refractivity contribution in [3.8, 4) is 5.75 Å². The number of amides is 3. The van der Waals surface area contributed by atoms with Crippen LogP contribution in [0.3, 0.4) is 0 Å². The maximum absolute atomic E-state index is 13.6. The lowest BCUT2D eigenvalue weighted by Gasteiger charge is -2.29. The summed E-state index contributed by atoms with van der Waals surface area (Å²) in [6.45, 7) is 13.8. The fourth-order valence-electron chi connectivity index (χ4n) is 4.29. The molecule has 2 aromatic carbocycles. The van der Waals surface area contributed by atoms with Crippen LogP contribution in [0.1, 0.15) is 72.6 Å². The second-order valence-corrected chi connectivity index (χ2v) is 12.3. The van der Waals surface area contributed by atoms with Gasteiger partial charge in [-0.1, -0.05) is 42.5 Å². The van der Waals surface area contributed by atoms with Gasteiger partial charge in [0.1, 0.15) is 22.9 Å². The van der Waals surface area contributed by atoms with Gasteiger partial charge in [-0.05, 0) is 78.6 Å². The number of ether oxygens (including phenoxy) is 4. The first-order valence-corrected chi connectivity index (χ1v) is 15.7. The van der Waals surface area contributed by atoms with Crippen molar-refractivity contribution in [2.75, 3.05) is 19.8 Å². The molecule has 0 aromatic heterocycles. The van der Waals surface area contributed by atoms with E-state index < -0.39 is 47.1 Å². The molecule has 2 unspecified atom stereocenters. The topological polar surface area (TPSA) is 168 Å². The van der Waals surface area contributed by atoms with E-state index in [0.29, 0.717) is 17.9 Å². The van der Waals surface area contributed by atoms with Gasteiger partial charge in [-0.2, -0.15) is 0 Å². The van der Waals surface area contributed by atoms with Crippen LogP contribution < -0.4 is 20.7 Å². The fourth-order valence-corrected chi connectivity index (χ4v) is 4.29. The molecule has 0 saturated heterocycles. The molecule has 0 aliphatic carbocycles. The van der Waals surface area contributed by atoms with Gasteiger partial charge in [0, 0.05) is 11.9 Å². The molecule has 0 saturated carbocycles. The van der Waals surface area contributed by atoms with E-state index in [1.807, 2.05) is 37.3 Å².